The van der Waals surface area contributed by atoms with Crippen molar-refractivity contribution in [3.8, 4) is 0 Å². The molecule has 0 unspecified atom stereocenters. The fraction of sp³-hybridized carbons (Fsp3) is 0.0769. The van der Waals surface area contributed by atoms with Crippen molar-refractivity contribution >= 4 is 49.0 Å². The predicted octanol–water partition coefficient (Wildman–Crippen LogP) is 4.29. The maximum absolute atomic E-state index is 2.36. The molecule has 3 heteroatoms. The third-order valence-electron chi connectivity index (χ3n) is 5.16. The van der Waals surface area contributed by atoms with E-state index in [0.29, 0.717) is 6.43 Å². The SMILES string of the molecule is CP(C)c1ccccc1B(c1ccccc1)P(c1ccccc1)c1ccccc1. The normalized spacial score (nSPS) is 11.0. The van der Waals surface area contributed by atoms with Crippen LogP contribution in [0.25, 0.3) is 0 Å². The minimum atomic E-state index is -0.597. The van der Waals surface area contributed by atoms with Crippen LogP contribution in [0.4, 0.5) is 0 Å². The molecule has 0 radical (unpaired) electrons. The van der Waals surface area contributed by atoms with E-state index in [1.165, 1.54) is 26.8 Å². The zero-order chi connectivity index (χ0) is 20.1. The molecule has 4 aromatic carbocycles. The van der Waals surface area contributed by atoms with Gasteiger partial charge >= 0.3 is 0 Å². The van der Waals surface area contributed by atoms with E-state index in [1.807, 2.05) is 0 Å². The van der Waals surface area contributed by atoms with E-state index in [0.717, 1.165) is 0 Å². The average Bonchev–Trinajstić information content (AvgIpc) is 2.79. The topological polar surface area (TPSA) is 0 Å². The van der Waals surface area contributed by atoms with E-state index < -0.39 is 7.80 Å². The Bertz CT molecular complexity index is 994. The van der Waals surface area contributed by atoms with Gasteiger partial charge < -0.3 is 0 Å². The second-order valence-electron chi connectivity index (χ2n) is 7.31. The lowest BCUT2D eigenvalue weighted by atomic mass is 9.61. The van der Waals surface area contributed by atoms with Crippen molar-refractivity contribution in [3.63, 3.8) is 0 Å². The van der Waals surface area contributed by atoms with Crippen molar-refractivity contribution in [2.45, 2.75) is 0 Å². The average molecular weight is 410 g/mol. The molecule has 0 N–H and O–H groups in total. The first-order chi connectivity index (χ1) is 14.3. The molecule has 0 aromatic heterocycles. The molecule has 0 fully saturated rings. The van der Waals surface area contributed by atoms with E-state index in [4.69, 9.17) is 0 Å². The Morgan fingerprint density at radius 2 is 0.966 bits per heavy atom. The molecule has 0 spiro atoms. The highest BCUT2D eigenvalue weighted by Gasteiger charge is 2.33. The molecular weight excluding hydrogens is 385 g/mol. The molecule has 142 valence electrons. The second kappa shape index (κ2) is 9.54. The largest absolute Gasteiger partial charge is 0.247 e. The molecule has 4 rings (SSSR count). The van der Waals surface area contributed by atoms with Crippen LogP contribution in [0.1, 0.15) is 0 Å². The maximum Gasteiger partial charge on any atom is 0.247 e. The van der Waals surface area contributed by atoms with Gasteiger partial charge in [-0.2, -0.15) is 0 Å². The van der Waals surface area contributed by atoms with Gasteiger partial charge in [-0.05, 0) is 29.2 Å². The van der Waals surface area contributed by atoms with Crippen LogP contribution in [-0.2, 0) is 0 Å². The summed E-state index contributed by atoms with van der Waals surface area (Å²) >= 11 is 0. The van der Waals surface area contributed by atoms with Gasteiger partial charge in [0.25, 0.3) is 0 Å². The number of hydrogen-bond donors (Lipinski definition) is 0. The van der Waals surface area contributed by atoms with E-state index in [9.17, 15) is 0 Å². The van der Waals surface area contributed by atoms with Crippen molar-refractivity contribution in [1.82, 2.24) is 0 Å². The fourth-order valence-electron chi connectivity index (χ4n) is 3.85. The molecule has 0 saturated carbocycles. The minimum Gasteiger partial charge on any atom is -0.0822 e. The molecule has 29 heavy (non-hydrogen) atoms. The third kappa shape index (κ3) is 4.53. The zero-order valence-electron chi connectivity index (χ0n) is 16.9. The lowest BCUT2D eigenvalue weighted by Crippen LogP contribution is -2.50. The van der Waals surface area contributed by atoms with Crippen LogP contribution in [0.3, 0.4) is 0 Å². The van der Waals surface area contributed by atoms with Crippen molar-refractivity contribution < 1.29 is 0 Å². The van der Waals surface area contributed by atoms with Crippen LogP contribution in [0.5, 0.6) is 0 Å². The van der Waals surface area contributed by atoms with E-state index in [2.05, 4.69) is 129 Å². The lowest BCUT2D eigenvalue weighted by Gasteiger charge is -2.29. The van der Waals surface area contributed by atoms with Gasteiger partial charge in [-0.25, -0.2) is 0 Å². The second-order valence-corrected chi connectivity index (χ2v) is 11.9. The van der Waals surface area contributed by atoms with E-state index in [1.54, 1.807) is 0 Å². The van der Waals surface area contributed by atoms with Crippen LogP contribution in [0, 0.1) is 0 Å². The van der Waals surface area contributed by atoms with Crippen LogP contribution in [-0.4, -0.2) is 19.8 Å². The minimum absolute atomic E-state index is 0.191. The summed E-state index contributed by atoms with van der Waals surface area (Å²) in [7, 11) is -0.789. The van der Waals surface area contributed by atoms with E-state index in [-0.39, 0.29) is 7.92 Å². The summed E-state index contributed by atoms with van der Waals surface area (Å²) in [5.74, 6) is 0. The quantitative estimate of drug-likeness (QED) is 0.329. The Labute approximate surface area is 177 Å². The molecule has 4 aromatic rings. The van der Waals surface area contributed by atoms with Gasteiger partial charge in [0, 0.05) is 0 Å². The standard InChI is InChI=1S/C26H25BP2/c1-28(2)26-21-13-12-20-25(26)27(22-14-6-3-7-15-22)29(23-16-8-4-9-17-23)24-18-10-5-11-19-24/h3-21H,1-2H3. The first-order valence-corrected chi connectivity index (χ1v) is 13.6. The van der Waals surface area contributed by atoms with Crippen molar-refractivity contribution in [2.75, 3.05) is 13.3 Å². The van der Waals surface area contributed by atoms with Gasteiger partial charge in [0.05, 0.1) is 0 Å². The molecule has 0 aliphatic carbocycles. The summed E-state index contributed by atoms with van der Waals surface area (Å²) in [5.41, 5.74) is 2.88. The summed E-state index contributed by atoms with van der Waals surface area (Å²) in [5, 5.41) is 4.36. The Morgan fingerprint density at radius 3 is 1.48 bits per heavy atom. The van der Waals surface area contributed by atoms with Gasteiger partial charge in [-0.3, -0.25) is 0 Å². The fourth-order valence-corrected chi connectivity index (χ4v) is 7.91. The van der Waals surface area contributed by atoms with Gasteiger partial charge in [0.1, 0.15) is 0 Å². The van der Waals surface area contributed by atoms with Crippen LogP contribution < -0.4 is 26.8 Å². The zero-order valence-corrected chi connectivity index (χ0v) is 18.7. The Hall–Kier alpha value is -2.20. The Balaban J connectivity index is 1.98. The lowest BCUT2D eigenvalue weighted by molar-refractivity contribution is 1.75. The smallest absolute Gasteiger partial charge is 0.0822 e. The summed E-state index contributed by atoms with van der Waals surface area (Å²) < 4.78 is 0. The third-order valence-corrected chi connectivity index (χ3v) is 9.33. The molecule has 0 aliphatic heterocycles. The Morgan fingerprint density at radius 1 is 0.517 bits per heavy atom. The van der Waals surface area contributed by atoms with Crippen molar-refractivity contribution in [2.24, 2.45) is 0 Å². The van der Waals surface area contributed by atoms with Crippen LogP contribution >= 0.6 is 15.7 Å². The Kier molecular flexibility index (Phi) is 6.61. The summed E-state index contributed by atoms with van der Waals surface area (Å²) in [6.45, 7) is 4.73. The molecule has 0 nitrogen and oxygen atoms in total. The molecule has 0 saturated heterocycles. The van der Waals surface area contributed by atoms with Gasteiger partial charge in [0.2, 0.25) is 6.43 Å². The predicted molar refractivity (Wildman–Crippen MR) is 135 cm³/mol. The van der Waals surface area contributed by atoms with Gasteiger partial charge in [-0.15, -0.1) is 0 Å². The first-order valence-electron chi connectivity index (χ1n) is 9.96. The number of benzene rings is 4. The van der Waals surface area contributed by atoms with Gasteiger partial charge in [0.15, 0.2) is 0 Å². The highest BCUT2D eigenvalue weighted by Crippen LogP contribution is 2.37. The van der Waals surface area contributed by atoms with Crippen LogP contribution in [0.2, 0.25) is 0 Å². The molecular formula is C26H25BP2. The highest BCUT2D eigenvalue weighted by atomic mass is 31.1. The number of rotatable bonds is 6. The molecule has 0 heterocycles. The first kappa shape index (κ1) is 20.1. The van der Waals surface area contributed by atoms with E-state index >= 15 is 0 Å². The summed E-state index contributed by atoms with van der Waals surface area (Å²) in [4.78, 5) is 0. The van der Waals surface area contributed by atoms with Crippen molar-refractivity contribution in [1.29, 1.82) is 0 Å². The van der Waals surface area contributed by atoms with Crippen molar-refractivity contribution in [3.05, 3.63) is 115 Å². The molecule has 0 aliphatic rings. The molecule has 0 amide bonds. The van der Waals surface area contributed by atoms with Crippen LogP contribution in [0.15, 0.2) is 115 Å². The summed E-state index contributed by atoms with van der Waals surface area (Å²) in [6, 6.07) is 42.3. The molecule has 0 bridgehead atoms. The number of hydrogen-bond acceptors (Lipinski definition) is 0. The van der Waals surface area contributed by atoms with Gasteiger partial charge in [-0.1, -0.05) is 142 Å². The monoisotopic (exact) mass is 410 g/mol. The highest BCUT2D eigenvalue weighted by molar-refractivity contribution is 8.04. The summed E-state index contributed by atoms with van der Waals surface area (Å²) in [6.07, 6.45) is 0.331. The molecule has 0 atom stereocenters. The maximum atomic E-state index is 2.36.